The summed E-state index contributed by atoms with van der Waals surface area (Å²) in [6.45, 7) is 3.78. The maximum absolute atomic E-state index is 12.1. The van der Waals surface area contributed by atoms with Crippen LogP contribution in [0.5, 0.6) is 5.75 Å². The van der Waals surface area contributed by atoms with E-state index in [0.717, 1.165) is 11.3 Å². The van der Waals surface area contributed by atoms with Gasteiger partial charge in [0.2, 0.25) is 5.95 Å². The normalized spacial score (nSPS) is 10.3. The van der Waals surface area contributed by atoms with Crippen molar-refractivity contribution < 1.29 is 14.3 Å². The highest BCUT2D eigenvalue weighted by atomic mass is 16.5. The van der Waals surface area contributed by atoms with Gasteiger partial charge in [-0.3, -0.25) is 0 Å². The molecule has 0 atom stereocenters. The number of benzene rings is 1. The van der Waals surface area contributed by atoms with Crippen molar-refractivity contribution in [1.29, 1.82) is 0 Å². The summed E-state index contributed by atoms with van der Waals surface area (Å²) < 4.78 is 10.2. The molecule has 0 aliphatic rings. The van der Waals surface area contributed by atoms with Crippen molar-refractivity contribution in [3.05, 3.63) is 46.8 Å². The van der Waals surface area contributed by atoms with Gasteiger partial charge in [-0.15, -0.1) is 0 Å². The van der Waals surface area contributed by atoms with Gasteiger partial charge >= 0.3 is 5.97 Å². The second kappa shape index (κ2) is 6.89. The Morgan fingerprint density at radius 1 is 1.23 bits per heavy atom. The Morgan fingerprint density at radius 2 is 1.91 bits per heavy atom. The van der Waals surface area contributed by atoms with E-state index in [4.69, 9.17) is 15.2 Å². The van der Waals surface area contributed by atoms with Gasteiger partial charge in [-0.05, 0) is 31.5 Å². The number of nitrogen functional groups attached to an aromatic ring is 1. The molecule has 0 saturated heterocycles. The number of hydrogen-bond acceptors (Lipinski definition) is 6. The fraction of sp³-hybridized carbons (Fsp3) is 0.312. The quantitative estimate of drug-likeness (QED) is 0.851. The molecule has 0 aliphatic heterocycles. The molecule has 2 N–H and O–H groups in total. The largest absolute Gasteiger partial charge is 0.497 e. The zero-order chi connectivity index (χ0) is 16.1. The molecule has 1 aromatic heterocycles. The molecule has 0 unspecified atom stereocenters. The lowest BCUT2D eigenvalue weighted by atomic mass is 10.0. The van der Waals surface area contributed by atoms with Crippen LogP contribution < -0.4 is 10.5 Å². The molecule has 22 heavy (non-hydrogen) atoms. The Labute approximate surface area is 129 Å². The zero-order valence-corrected chi connectivity index (χ0v) is 12.9. The molecule has 1 heterocycles. The van der Waals surface area contributed by atoms with Crippen molar-refractivity contribution in [1.82, 2.24) is 9.97 Å². The average Bonchev–Trinajstić information content (AvgIpc) is 2.47. The summed E-state index contributed by atoms with van der Waals surface area (Å²) >= 11 is 0. The molecule has 6 nitrogen and oxygen atoms in total. The van der Waals surface area contributed by atoms with Gasteiger partial charge in [0.15, 0.2) is 0 Å². The highest BCUT2D eigenvalue weighted by molar-refractivity contribution is 5.92. The summed E-state index contributed by atoms with van der Waals surface area (Å²) in [5.41, 5.74) is 8.16. The van der Waals surface area contributed by atoms with Crippen molar-refractivity contribution >= 4 is 11.9 Å². The van der Waals surface area contributed by atoms with Crippen LogP contribution in [0.15, 0.2) is 24.3 Å². The molecule has 0 saturated carbocycles. The van der Waals surface area contributed by atoms with Crippen LogP contribution in [0, 0.1) is 6.92 Å². The van der Waals surface area contributed by atoms with Crippen LogP contribution >= 0.6 is 0 Å². The second-order valence-corrected chi connectivity index (χ2v) is 4.73. The van der Waals surface area contributed by atoms with Crippen LogP contribution in [0.2, 0.25) is 0 Å². The fourth-order valence-corrected chi connectivity index (χ4v) is 2.19. The number of methoxy groups -OCH3 is 1. The summed E-state index contributed by atoms with van der Waals surface area (Å²) in [7, 11) is 1.61. The van der Waals surface area contributed by atoms with Gasteiger partial charge in [-0.2, -0.15) is 0 Å². The van der Waals surface area contributed by atoms with Gasteiger partial charge in [0.05, 0.1) is 25.1 Å². The van der Waals surface area contributed by atoms with E-state index >= 15 is 0 Å². The van der Waals surface area contributed by atoms with Crippen LogP contribution in [0.4, 0.5) is 5.95 Å². The molecule has 6 heteroatoms. The van der Waals surface area contributed by atoms with Crippen molar-refractivity contribution in [3.8, 4) is 5.75 Å². The first kappa shape index (κ1) is 15.8. The van der Waals surface area contributed by atoms with Crippen molar-refractivity contribution in [2.45, 2.75) is 20.3 Å². The molecule has 0 amide bonds. The summed E-state index contributed by atoms with van der Waals surface area (Å²) in [5, 5.41) is 0. The molecular weight excluding hydrogens is 282 g/mol. The lowest BCUT2D eigenvalue weighted by Crippen LogP contribution is -2.15. The number of carbonyl (C=O) groups excluding carboxylic acids is 1. The lowest BCUT2D eigenvalue weighted by molar-refractivity contribution is 0.0523. The standard InChI is InChI=1S/C16H19N3O3/c1-4-22-15(20)14-10(2)18-16(17)19-13(14)9-11-5-7-12(21-3)8-6-11/h5-8H,4,9H2,1-3H3,(H2,17,18,19). The number of esters is 1. The molecule has 1 aromatic carbocycles. The fourth-order valence-electron chi connectivity index (χ4n) is 2.19. The Bertz CT molecular complexity index is 669. The molecule has 2 rings (SSSR count). The number of rotatable bonds is 5. The number of anilines is 1. The van der Waals surface area contributed by atoms with E-state index in [1.54, 1.807) is 21.0 Å². The minimum Gasteiger partial charge on any atom is -0.497 e. The summed E-state index contributed by atoms with van der Waals surface area (Å²) in [6.07, 6.45) is 0.464. The smallest absolute Gasteiger partial charge is 0.341 e. The van der Waals surface area contributed by atoms with Crippen LogP contribution in [0.1, 0.15) is 34.2 Å². The molecule has 0 fully saturated rings. The van der Waals surface area contributed by atoms with Crippen LogP contribution in [0.3, 0.4) is 0 Å². The van der Waals surface area contributed by atoms with E-state index in [2.05, 4.69) is 9.97 Å². The monoisotopic (exact) mass is 301 g/mol. The van der Waals surface area contributed by atoms with E-state index < -0.39 is 5.97 Å². The molecular formula is C16H19N3O3. The van der Waals surface area contributed by atoms with E-state index in [0.29, 0.717) is 30.0 Å². The molecule has 116 valence electrons. The minimum absolute atomic E-state index is 0.147. The van der Waals surface area contributed by atoms with Gasteiger partial charge in [0, 0.05) is 6.42 Å². The van der Waals surface area contributed by atoms with Crippen LogP contribution in [-0.4, -0.2) is 29.7 Å². The van der Waals surface area contributed by atoms with E-state index in [1.807, 2.05) is 24.3 Å². The first-order valence-corrected chi connectivity index (χ1v) is 6.98. The maximum atomic E-state index is 12.1. The van der Waals surface area contributed by atoms with Gasteiger partial charge in [-0.25, -0.2) is 14.8 Å². The molecule has 2 aromatic rings. The van der Waals surface area contributed by atoms with Gasteiger partial charge in [0.1, 0.15) is 11.3 Å². The van der Waals surface area contributed by atoms with Gasteiger partial charge < -0.3 is 15.2 Å². The van der Waals surface area contributed by atoms with Crippen molar-refractivity contribution in [2.75, 3.05) is 19.5 Å². The molecule has 0 spiro atoms. The number of ether oxygens (including phenoxy) is 2. The van der Waals surface area contributed by atoms with Gasteiger partial charge in [0.25, 0.3) is 0 Å². The minimum atomic E-state index is -0.427. The van der Waals surface area contributed by atoms with Crippen LogP contribution in [-0.2, 0) is 11.2 Å². The first-order valence-electron chi connectivity index (χ1n) is 6.98. The van der Waals surface area contributed by atoms with E-state index in [9.17, 15) is 4.79 Å². The zero-order valence-electron chi connectivity index (χ0n) is 12.9. The lowest BCUT2D eigenvalue weighted by Gasteiger charge is -2.11. The number of nitrogens with zero attached hydrogens (tertiary/aromatic N) is 2. The third kappa shape index (κ3) is 3.52. The third-order valence-corrected chi connectivity index (χ3v) is 3.19. The highest BCUT2D eigenvalue weighted by Gasteiger charge is 2.19. The van der Waals surface area contributed by atoms with Gasteiger partial charge in [-0.1, -0.05) is 12.1 Å². The van der Waals surface area contributed by atoms with Crippen molar-refractivity contribution in [2.24, 2.45) is 0 Å². The highest BCUT2D eigenvalue weighted by Crippen LogP contribution is 2.19. The predicted molar refractivity (Wildman–Crippen MR) is 82.9 cm³/mol. The van der Waals surface area contributed by atoms with E-state index in [-0.39, 0.29) is 5.95 Å². The number of hydrogen-bond donors (Lipinski definition) is 1. The van der Waals surface area contributed by atoms with E-state index in [1.165, 1.54) is 0 Å². The Balaban J connectivity index is 2.37. The Morgan fingerprint density at radius 3 is 2.50 bits per heavy atom. The topological polar surface area (TPSA) is 87.3 Å². The number of nitrogens with two attached hydrogens (primary N) is 1. The van der Waals surface area contributed by atoms with Crippen molar-refractivity contribution in [3.63, 3.8) is 0 Å². The average molecular weight is 301 g/mol. The summed E-state index contributed by atoms with van der Waals surface area (Å²) in [5.74, 6) is 0.491. The Kier molecular flexibility index (Phi) is 4.93. The molecule has 0 radical (unpaired) electrons. The Hall–Kier alpha value is -2.63. The number of aromatic nitrogens is 2. The number of carbonyl (C=O) groups is 1. The molecule has 0 bridgehead atoms. The third-order valence-electron chi connectivity index (χ3n) is 3.19. The number of aryl methyl sites for hydroxylation is 1. The summed E-state index contributed by atoms with van der Waals surface area (Å²) in [6, 6.07) is 7.55. The summed E-state index contributed by atoms with van der Waals surface area (Å²) in [4.78, 5) is 20.4. The maximum Gasteiger partial charge on any atom is 0.341 e. The predicted octanol–water partition coefficient (Wildman–Crippen LogP) is 2.14. The SMILES string of the molecule is CCOC(=O)c1c(C)nc(N)nc1Cc1ccc(OC)cc1. The van der Waals surface area contributed by atoms with Crippen LogP contribution in [0.25, 0.3) is 0 Å². The molecule has 0 aliphatic carbocycles. The first-order chi connectivity index (χ1) is 10.5. The second-order valence-electron chi connectivity index (χ2n) is 4.73.